The minimum Gasteiger partial charge on any atom is -0.508 e. The molecule has 1 aliphatic rings. The first-order chi connectivity index (χ1) is 11.1. The number of amides is 1. The minimum absolute atomic E-state index is 0.0782. The van der Waals surface area contributed by atoms with Crippen LogP contribution in [-0.4, -0.2) is 37.8 Å². The van der Waals surface area contributed by atoms with Gasteiger partial charge in [0.2, 0.25) is 5.13 Å². The van der Waals surface area contributed by atoms with Gasteiger partial charge in [0.25, 0.3) is 5.91 Å². The van der Waals surface area contributed by atoms with Crippen LogP contribution in [0.1, 0.15) is 17.5 Å². The zero-order valence-corrected chi connectivity index (χ0v) is 14.2. The number of hydrogen-bond acceptors (Lipinski definition) is 7. The average Bonchev–Trinajstić information content (AvgIpc) is 3.06. The topological polar surface area (TPSA) is 78.7 Å². The summed E-state index contributed by atoms with van der Waals surface area (Å²) in [5, 5.41) is 19.2. The molecule has 0 bridgehead atoms. The number of carbonyl (C=O) groups excluding carboxylic acids is 1. The molecule has 1 saturated heterocycles. The van der Waals surface area contributed by atoms with Gasteiger partial charge in [0, 0.05) is 6.54 Å². The molecule has 2 heterocycles. The lowest BCUT2D eigenvalue weighted by Gasteiger charge is -2.11. The van der Waals surface area contributed by atoms with E-state index in [0.717, 1.165) is 10.6 Å². The number of phenols is 1. The Bertz CT molecular complexity index is 796. The van der Waals surface area contributed by atoms with Crippen LogP contribution in [0.2, 0.25) is 0 Å². The van der Waals surface area contributed by atoms with Gasteiger partial charge in [-0.25, -0.2) is 0 Å². The smallest absolute Gasteiger partial charge is 0.266 e. The van der Waals surface area contributed by atoms with Gasteiger partial charge < -0.3 is 5.11 Å². The number of thioether (sulfide) groups is 1. The Morgan fingerprint density at radius 1 is 1.30 bits per heavy atom. The molecule has 2 aromatic rings. The number of benzene rings is 1. The highest BCUT2D eigenvalue weighted by atomic mass is 32.2. The van der Waals surface area contributed by atoms with Gasteiger partial charge in [-0.2, -0.15) is 4.99 Å². The molecule has 1 aromatic carbocycles. The third kappa shape index (κ3) is 3.43. The number of carbonyl (C=O) groups is 1. The van der Waals surface area contributed by atoms with E-state index in [4.69, 9.17) is 0 Å². The molecular formula is C15H14N4O2S2. The van der Waals surface area contributed by atoms with Crippen molar-refractivity contribution in [1.82, 2.24) is 15.1 Å². The van der Waals surface area contributed by atoms with Crippen LogP contribution in [0.5, 0.6) is 5.75 Å². The zero-order chi connectivity index (χ0) is 16.4. The van der Waals surface area contributed by atoms with E-state index in [1.165, 1.54) is 23.1 Å². The number of likely N-dealkylation sites (N-methyl/N-ethyl adjacent to an activating group) is 1. The molecular weight excluding hydrogens is 332 g/mol. The molecule has 6 nitrogen and oxygen atoms in total. The van der Waals surface area contributed by atoms with E-state index < -0.39 is 0 Å². The number of rotatable bonds is 3. The maximum absolute atomic E-state index is 12.5. The highest BCUT2D eigenvalue weighted by Crippen LogP contribution is 2.34. The monoisotopic (exact) mass is 346 g/mol. The third-order valence-corrected chi connectivity index (χ3v) is 4.84. The molecule has 0 saturated carbocycles. The van der Waals surface area contributed by atoms with Crippen LogP contribution in [0, 0.1) is 6.92 Å². The summed E-state index contributed by atoms with van der Waals surface area (Å²) < 4.78 is 0. The Balaban J connectivity index is 1.91. The number of aromatic hydroxyl groups is 1. The molecule has 0 spiro atoms. The maximum atomic E-state index is 12.5. The van der Waals surface area contributed by atoms with E-state index in [0.29, 0.717) is 21.7 Å². The fourth-order valence-corrected chi connectivity index (χ4v) is 3.67. The highest BCUT2D eigenvalue weighted by Gasteiger charge is 2.32. The summed E-state index contributed by atoms with van der Waals surface area (Å²) in [5.41, 5.74) is 0.850. The van der Waals surface area contributed by atoms with E-state index in [1.807, 2.05) is 13.8 Å². The Labute approximate surface area is 141 Å². The van der Waals surface area contributed by atoms with Crippen molar-refractivity contribution in [3.05, 3.63) is 39.7 Å². The summed E-state index contributed by atoms with van der Waals surface area (Å²) in [7, 11) is 0. The SMILES string of the molecule is CCN1C(=O)/C(=C/c2ccc(O)cc2)S/C1=N/c1nnc(C)s1. The van der Waals surface area contributed by atoms with Crippen LogP contribution < -0.4 is 0 Å². The van der Waals surface area contributed by atoms with E-state index in [9.17, 15) is 9.90 Å². The number of amidine groups is 1. The van der Waals surface area contributed by atoms with Crippen molar-refractivity contribution in [2.75, 3.05) is 6.54 Å². The lowest BCUT2D eigenvalue weighted by Crippen LogP contribution is -2.28. The lowest BCUT2D eigenvalue weighted by atomic mass is 10.2. The van der Waals surface area contributed by atoms with Crippen molar-refractivity contribution in [2.45, 2.75) is 13.8 Å². The molecule has 118 valence electrons. The minimum atomic E-state index is -0.0782. The van der Waals surface area contributed by atoms with E-state index in [-0.39, 0.29) is 11.7 Å². The van der Waals surface area contributed by atoms with Crippen LogP contribution in [0.4, 0.5) is 5.13 Å². The predicted octanol–water partition coefficient (Wildman–Crippen LogP) is 3.18. The molecule has 1 aromatic heterocycles. The summed E-state index contributed by atoms with van der Waals surface area (Å²) >= 11 is 2.71. The number of aryl methyl sites for hydroxylation is 1. The molecule has 8 heteroatoms. The van der Waals surface area contributed by atoms with Gasteiger partial charge in [-0.1, -0.05) is 23.5 Å². The summed E-state index contributed by atoms with van der Waals surface area (Å²) in [4.78, 5) is 19.1. The molecule has 1 aliphatic heterocycles. The fourth-order valence-electron chi connectivity index (χ4n) is 2.01. The Morgan fingerprint density at radius 2 is 2.04 bits per heavy atom. The highest BCUT2D eigenvalue weighted by molar-refractivity contribution is 8.18. The van der Waals surface area contributed by atoms with Gasteiger partial charge in [0.1, 0.15) is 10.8 Å². The summed E-state index contributed by atoms with van der Waals surface area (Å²) in [6.45, 7) is 4.31. The summed E-state index contributed by atoms with van der Waals surface area (Å²) in [6, 6.07) is 6.70. The van der Waals surface area contributed by atoms with E-state index in [2.05, 4.69) is 15.2 Å². The van der Waals surface area contributed by atoms with Gasteiger partial charge in [0.15, 0.2) is 5.17 Å². The molecule has 23 heavy (non-hydrogen) atoms. The van der Waals surface area contributed by atoms with Crippen LogP contribution in [0.3, 0.4) is 0 Å². The lowest BCUT2D eigenvalue weighted by molar-refractivity contribution is -0.122. The quantitative estimate of drug-likeness (QED) is 0.864. The molecule has 0 aliphatic carbocycles. The van der Waals surface area contributed by atoms with Crippen LogP contribution in [-0.2, 0) is 4.79 Å². The predicted molar refractivity (Wildman–Crippen MR) is 92.8 cm³/mol. The van der Waals surface area contributed by atoms with E-state index in [1.54, 1.807) is 35.2 Å². The van der Waals surface area contributed by atoms with Gasteiger partial charge >= 0.3 is 0 Å². The number of aliphatic imine (C=N–C) groups is 1. The average molecular weight is 346 g/mol. The number of hydrogen-bond donors (Lipinski definition) is 1. The summed E-state index contributed by atoms with van der Waals surface area (Å²) in [5.74, 6) is 0.118. The zero-order valence-electron chi connectivity index (χ0n) is 12.6. The normalized spacial score (nSPS) is 18.3. The first kappa shape index (κ1) is 15.7. The van der Waals surface area contributed by atoms with Crippen molar-refractivity contribution in [3.63, 3.8) is 0 Å². The Hall–Kier alpha value is -2.19. The first-order valence-corrected chi connectivity index (χ1v) is 8.59. The second kappa shape index (κ2) is 6.51. The van der Waals surface area contributed by atoms with Crippen LogP contribution >= 0.6 is 23.1 Å². The van der Waals surface area contributed by atoms with E-state index >= 15 is 0 Å². The Morgan fingerprint density at radius 3 is 2.65 bits per heavy atom. The van der Waals surface area contributed by atoms with Gasteiger partial charge in [-0.15, -0.1) is 10.2 Å². The maximum Gasteiger partial charge on any atom is 0.266 e. The van der Waals surface area contributed by atoms with Crippen molar-refractivity contribution in [1.29, 1.82) is 0 Å². The molecule has 0 unspecified atom stereocenters. The molecule has 0 atom stereocenters. The molecule has 3 rings (SSSR count). The first-order valence-electron chi connectivity index (χ1n) is 6.96. The second-order valence-corrected chi connectivity index (χ2v) is 6.92. The van der Waals surface area contributed by atoms with Crippen molar-refractivity contribution >= 4 is 45.4 Å². The second-order valence-electron chi connectivity index (χ2n) is 4.75. The summed E-state index contributed by atoms with van der Waals surface area (Å²) in [6.07, 6.45) is 1.79. The standard InChI is InChI=1S/C15H14N4O2S2/c1-3-19-13(21)12(8-10-4-6-11(20)7-5-10)23-15(19)16-14-18-17-9(2)22-14/h4-8,20H,3H2,1-2H3/b12-8-,16-15+. The fraction of sp³-hybridized carbons (Fsp3) is 0.200. The number of phenolic OH excluding ortho intramolecular Hbond substituents is 1. The van der Waals surface area contributed by atoms with Crippen molar-refractivity contribution in [2.24, 2.45) is 4.99 Å². The number of aromatic nitrogens is 2. The van der Waals surface area contributed by atoms with Crippen molar-refractivity contribution < 1.29 is 9.90 Å². The molecule has 1 N–H and O–H groups in total. The van der Waals surface area contributed by atoms with Crippen LogP contribution in [0.25, 0.3) is 6.08 Å². The molecule has 0 radical (unpaired) electrons. The largest absolute Gasteiger partial charge is 0.508 e. The van der Waals surface area contributed by atoms with Crippen LogP contribution in [0.15, 0.2) is 34.2 Å². The number of nitrogens with zero attached hydrogens (tertiary/aromatic N) is 4. The van der Waals surface area contributed by atoms with Gasteiger partial charge in [0.05, 0.1) is 4.91 Å². The molecule has 1 fully saturated rings. The van der Waals surface area contributed by atoms with Gasteiger partial charge in [-0.05, 0) is 49.4 Å². The van der Waals surface area contributed by atoms with Gasteiger partial charge in [-0.3, -0.25) is 9.69 Å². The third-order valence-electron chi connectivity index (χ3n) is 3.10. The molecule has 1 amide bonds. The van der Waals surface area contributed by atoms with Crippen molar-refractivity contribution in [3.8, 4) is 5.75 Å². The Kier molecular flexibility index (Phi) is 4.44.